The Kier molecular flexibility index (Phi) is 3.49. The van der Waals surface area contributed by atoms with Crippen LogP contribution in [0.1, 0.15) is 19.4 Å². The van der Waals surface area contributed by atoms with Gasteiger partial charge < -0.3 is 15.6 Å². The van der Waals surface area contributed by atoms with Crippen LogP contribution in [0.3, 0.4) is 0 Å². The van der Waals surface area contributed by atoms with Crippen LogP contribution in [0.25, 0.3) is 0 Å². The molecule has 78 valence electrons. The van der Waals surface area contributed by atoms with E-state index >= 15 is 0 Å². The molecule has 0 unspecified atom stereocenters. The maximum Gasteiger partial charge on any atom is 0.123 e. The molecule has 0 fully saturated rings. The average Bonchev–Trinajstić information content (AvgIpc) is 2.14. The fourth-order valence-corrected chi connectivity index (χ4v) is 1.07. The molecule has 1 rings (SSSR count). The summed E-state index contributed by atoms with van der Waals surface area (Å²) in [7, 11) is 0. The molecule has 1 aromatic carbocycles. The van der Waals surface area contributed by atoms with E-state index in [1.54, 1.807) is 13.8 Å². The molecule has 0 aliphatic carbocycles. The molecule has 0 radical (unpaired) electrons. The molecule has 0 aliphatic heterocycles. The predicted octanol–water partition coefficient (Wildman–Crippen LogP) is 1.29. The molecule has 0 amide bonds. The molecular formula is C11H17NO2. The zero-order valence-electron chi connectivity index (χ0n) is 8.66. The van der Waals surface area contributed by atoms with Gasteiger partial charge in [-0.05, 0) is 19.9 Å². The van der Waals surface area contributed by atoms with Crippen LogP contribution in [0.15, 0.2) is 24.3 Å². The lowest BCUT2D eigenvalue weighted by molar-refractivity contribution is 0.0282. The summed E-state index contributed by atoms with van der Waals surface area (Å²) in [5.74, 6) is 0.747. The minimum Gasteiger partial charge on any atom is -0.490 e. The van der Waals surface area contributed by atoms with Gasteiger partial charge in [-0.3, -0.25) is 0 Å². The van der Waals surface area contributed by atoms with E-state index in [-0.39, 0.29) is 6.61 Å². The van der Waals surface area contributed by atoms with Crippen LogP contribution in [-0.2, 0) is 6.54 Å². The number of rotatable bonds is 4. The van der Waals surface area contributed by atoms with Gasteiger partial charge in [0.2, 0.25) is 0 Å². The Bertz CT molecular complexity index is 292. The first-order valence-electron chi connectivity index (χ1n) is 4.66. The molecule has 0 heterocycles. The molecule has 14 heavy (non-hydrogen) atoms. The number of aliphatic hydroxyl groups is 1. The van der Waals surface area contributed by atoms with Crippen molar-refractivity contribution in [3.8, 4) is 5.75 Å². The van der Waals surface area contributed by atoms with Gasteiger partial charge in [0.15, 0.2) is 0 Å². The molecule has 3 nitrogen and oxygen atoms in total. The van der Waals surface area contributed by atoms with Gasteiger partial charge >= 0.3 is 0 Å². The molecule has 0 aliphatic rings. The van der Waals surface area contributed by atoms with Gasteiger partial charge in [0, 0.05) is 12.1 Å². The van der Waals surface area contributed by atoms with E-state index in [2.05, 4.69) is 0 Å². The Balaban J connectivity index is 2.67. The number of nitrogens with two attached hydrogens (primary N) is 1. The van der Waals surface area contributed by atoms with Crippen molar-refractivity contribution in [2.75, 3.05) is 6.61 Å². The molecule has 0 saturated carbocycles. The van der Waals surface area contributed by atoms with E-state index in [0.717, 1.165) is 11.3 Å². The molecular weight excluding hydrogens is 178 g/mol. The summed E-state index contributed by atoms with van der Waals surface area (Å²) in [4.78, 5) is 0. The Morgan fingerprint density at radius 2 is 2.00 bits per heavy atom. The van der Waals surface area contributed by atoms with Gasteiger partial charge in [-0.2, -0.15) is 0 Å². The van der Waals surface area contributed by atoms with E-state index in [1.165, 1.54) is 0 Å². The lowest BCUT2D eigenvalue weighted by Crippen LogP contribution is -2.28. The lowest BCUT2D eigenvalue weighted by Gasteiger charge is -2.19. The first-order valence-corrected chi connectivity index (χ1v) is 4.66. The maximum atomic E-state index is 9.49. The standard InChI is InChI=1S/C11H17NO2/c1-11(2,13)8-14-10-6-4-3-5-9(10)7-12/h3-6,13H,7-8,12H2,1-2H3. The highest BCUT2D eigenvalue weighted by atomic mass is 16.5. The Hall–Kier alpha value is -1.06. The molecule has 0 bridgehead atoms. The minimum atomic E-state index is -0.818. The van der Waals surface area contributed by atoms with Crippen molar-refractivity contribution in [1.29, 1.82) is 0 Å². The van der Waals surface area contributed by atoms with Gasteiger partial charge in [0.25, 0.3) is 0 Å². The topological polar surface area (TPSA) is 55.5 Å². The highest BCUT2D eigenvalue weighted by molar-refractivity contribution is 5.33. The van der Waals surface area contributed by atoms with Crippen molar-refractivity contribution in [3.05, 3.63) is 29.8 Å². The molecule has 0 spiro atoms. The summed E-state index contributed by atoms with van der Waals surface area (Å²) in [6.07, 6.45) is 0. The second kappa shape index (κ2) is 4.44. The summed E-state index contributed by atoms with van der Waals surface area (Å²) >= 11 is 0. The van der Waals surface area contributed by atoms with E-state index in [4.69, 9.17) is 10.5 Å². The van der Waals surface area contributed by atoms with E-state index < -0.39 is 5.60 Å². The third kappa shape index (κ3) is 3.36. The average molecular weight is 195 g/mol. The summed E-state index contributed by atoms with van der Waals surface area (Å²) in [5.41, 5.74) is 5.69. The SMILES string of the molecule is CC(C)(O)COc1ccccc1CN. The normalized spacial score (nSPS) is 11.4. The maximum absolute atomic E-state index is 9.49. The number of hydrogen-bond donors (Lipinski definition) is 2. The van der Waals surface area contributed by atoms with Crippen LogP contribution < -0.4 is 10.5 Å². The van der Waals surface area contributed by atoms with Crippen molar-refractivity contribution in [2.24, 2.45) is 5.73 Å². The predicted molar refractivity (Wildman–Crippen MR) is 56.1 cm³/mol. The van der Waals surface area contributed by atoms with Crippen LogP contribution >= 0.6 is 0 Å². The number of para-hydroxylation sites is 1. The summed E-state index contributed by atoms with van der Waals surface area (Å²) in [6.45, 7) is 4.13. The monoisotopic (exact) mass is 195 g/mol. The van der Waals surface area contributed by atoms with Crippen LogP contribution in [0.4, 0.5) is 0 Å². The number of benzene rings is 1. The molecule has 1 aromatic rings. The van der Waals surface area contributed by atoms with Gasteiger partial charge in [-0.1, -0.05) is 18.2 Å². The van der Waals surface area contributed by atoms with Gasteiger partial charge in [-0.15, -0.1) is 0 Å². The Morgan fingerprint density at radius 1 is 1.36 bits per heavy atom. The quantitative estimate of drug-likeness (QED) is 0.761. The van der Waals surface area contributed by atoms with Crippen molar-refractivity contribution in [1.82, 2.24) is 0 Å². The van der Waals surface area contributed by atoms with Crippen molar-refractivity contribution in [3.63, 3.8) is 0 Å². The summed E-state index contributed by atoms with van der Waals surface area (Å²) in [6, 6.07) is 7.58. The van der Waals surface area contributed by atoms with E-state index in [0.29, 0.717) is 6.54 Å². The van der Waals surface area contributed by atoms with Crippen molar-refractivity contribution < 1.29 is 9.84 Å². The van der Waals surface area contributed by atoms with Crippen molar-refractivity contribution in [2.45, 2.75) is 26.0 Å². The summed E-state index contributed by atoms with van der Waals surface area (Å²) < 4.78 is 5.46. The zero-order valence-corrected chi connectivity index (χ0v) is 8.66. The zero-order chi connectivity index (χ0) is 10.6. The fraction of sp³-hybridized carbons (Fsp3) is 0.455. The number of ether oxygens (including phenoxy) is 1. The van der Waals surface area contributed by atoms with Crippen LogP contribution in [-0.4, -0.2) is 17.3 Å². The molecule has 0 atom stereocenters. The van der Waals surface area contributed by atoms with Crippen LogP contribution in [0, 0.1) is 0 Å². The first kappa shape index (κ1) is 11.0. The fourth-order valence-electron chi connectivity index (χ4n) is 1.07. The second-order valence-corrected chi connectivity index (χ2v) is 3.91. The van der Waals surface area contributed by atoms with Gasteiger partial charge in [0.05, 0.1) is 5.60 Å². The molecule has 0 aromatic heterocycles. The second-order valence-electron chi connectivity index (χ2n) is 3.91. The number of hydrogen-bond acceptors (Lipinski definition) is 3. The lowest BCUT2D eigenvalue weighted by atomic mass is 10.1. The highest BCUT2D eigenvalue weighted by Gasteiger charge is 2.14. The highest BCUT2D eigenvalue weighted by Crippen LogP contribution is 2.18. The molecule has 3 heteroatoms. The van der Waals surface area contributed by atoms with Crippen molar-refractivity contribution >= 4 is 0 Å². The Morgan fingerprint density at radius 3 is 2.57 bits per heavy atom. The van der Waals surface area contributed by atoms with Crippen LogP contribution in [0.5, 0.6) is 5.75 Å². The van der Waals surface area contributed by atoms with Gasteiger partial charge in [-0.25, -0.2) is 0 Å². The van der Waals surface area contributed by atoms with Crippen LogP contribution in [0.2, 0.25) is 0 Å². The minimum absolute atomic E-state index is 0.268. The Labute approximate surface area is 84.5 Å². The third-order valence-electron chi connectivity index (χ3n) is 1.77. The molecule has 0 saturated heterocycles. The third-order valence-corrected chi connectivity index (χ3v) is 1.77. The molecule has 3 N–H and O–H groups in total. The largest absolute Gasteiger partial charge is 0.490 e. The first-order chi connectivity index (χ1) is 6.53. The summed E-state index contributed by atoms with van der Waals surface area (Å²) in [5, 5.41) is 9.49. The smallest absolute Gasteiger partial charge is 0.123 e. The van der Waals surface area contributed by atoms with E-state index in [1.807, 2.05) is 24.3 Å². The van der Waals surface area contributed by atoms with E-state index in [9.17, 15) is 5.11 Å². The van der Waals surface area contributed by atoms with Gasteiger partial charge in [0.1, 0.15) is 12.4 Å².